The third kappa shape index (κ3) is 1.98. The second-order valence-corrected chi connectivity index (χ2v) is 10.5. The van der Waals surface area contributed by atoms with Gasteiger partial charge in [0.1, 0.15) is 11.4 Å². The number of Topliss-reactive ketones (excluding diaryl/α,β-unsaturated/α-hetero) is 2. The third-order valence-corrected chi connectivity index (χ3v) is 9.81. The van der Waals surface area contributed by atoms with Crippen LogP contribution >= 0.6 is 0 Å². The molecule has 4 heteroatoms. The molecule has 4 saturated carbocycles. The molecule has 8 atom stereocenters. The molecule has 2 N–H and O–H groups in total. The average Bonchev–Trinajstić information content (AvgIpc) is 2.84. The molecule has 0 aromatic rings. The Bertz CT molecular complexity index is 659. The summed E-state index contributed by atoms with van der Waals surface area (Å²) in [4.78, 5) is 24.4. The molecular formula is C22H34O4. The molecule has 0 radical (unpaired) electrons. The predicted octanol–water partition coefficient (Wildman–Crippen LogP) is 3.28. The first-order chi connectivity index (χ1) is 12.0. The molecule has 0 spiro atoms. The number of hydrogen-bond acceptors (Lipinski definition) is 4. The number of carbonyl (C=O) groups is 2. The van der Waals surface area contributed by atoms with Crippen molar-refractivity contribution >= 4 is 11.6 Å². The lowest BCUT2D eigenvalue weighted by molar-refractivity contribution is -0.232. The van der Waals surface area contributed by atoms with Gasteiger partial charge in [0.25, 0.3) is 0 Å². The molecule has 0 amide bonds. The fraction of sp³-hybridized carbons (Fsp3) is 0.909. The van der Waals surface area contributed by atoms with Crippen molar-refractivity contribution in [1.82, 2.24) is 0 Å². The van der Waals surface area contributed by atoms with Crippen LogP contribution in [0.1, 0.15) is 79.1 Å². The lowest BCUT2D eigenvalue weighted by Gasteiger charge is -2.65. The molecule has 8 unspecified atom stereocenters. The van der Waals surface area contributed by atoms with Crippen molar-refractivity contribution in [1.29, 1.82) is 0 Å². The highest BCUT2D eigenvalue weighted by Crippen LogP contribution is 2.69. The summed E-state index contributed by atoms with van der Waals surface area (Å²) in [5.74, 6) is 1.32. The highest BCUT2D eigenvalue weighted by atomic mass is 16.3. The Morgan fingerprint density at radius 2 is 1.65 bits per heavy atom. The van der Waals surface area contributed by atoms with Gasteiger partial charge in [0.05, 0.1) is 5.60 Å². The summed E-state index contributed by atoms with van der Waals surface area (Å²) in [6.45, 7) is 7.98. The van der Waals surface area contributed by atoms with Crippen molar-refractivity contribution in [3.8, 4) is 0 Å². The number of rotatable bonds is 1. The van der Waals surface area contributed by atoms with Gasteiger partial charge in [-0.05, 0) is 69.1 Å². The summed E-state index contributed by atoms with van der Waals surface area (Å²) in [7, 11) is 0. The molecule has 0 saturated heterocycles. The second-order valence-electron chi connectivity index (χ2n) is 10.5. The standard InChI is InChI=1S/C22H34O4/c1-13-11-16-17(20(4)8-5-15(24)12-22(13,20)26)6-9-19(3)18(16)7-10-21(19,25)14(2)23/h13,16-18,25-26H,5-12H2,1-4H3. The molecule has 4 aliphatic carbocycles. The summed E-state index contributed by atoms with van der Waals surface area (Å²) in [5.41, 5.74) is -2.67. The van der Waals surface area contributed by atoms with Crippen molar-refractivity contribution in [3.05, 3.63) is 0 Å². The fourth-order valence-corrected chi connectivity index (χ4v) is 8.05. The zero-order valence-corrected chi connectivity index (χ0v) is 16.7. The predicted molar refractivity (Wildman–Crippen MR) is 98.4 cm³/mol. The fourth-order valence-electron chi connectivity index (χ4n) is 8.05. The second kappa shape index (κ2) is 5.41. The maximum atomic E-state index is 12.3. The Labute approximate surface area is 156 Å². The van der Waals surface area contributed by atoms with Gasteiger partial charge >= 0.3 is 0 Å². The third-order valence-electron chi connectivity index (χ3n) is 9.81. The first-order valence-electron chi connectivity index (χ1n) is 10.5. The Kier molecular flexibility index (Phi) is 3.87. The number of aliphatic hydroxyl groups is 2. The van der Waals surface area contributed by atoms with E-state index in [4.69, 9.17) is 0 Å². The minimum absolute atomic E-state index is 0.0753. The molecule has 4 rings (SSSR count). The lowest BCUT2D eigenvalue weighted by atomic mass is 9.41. The quantitative estimate of drug-likeness (QED) is 0.751. The minimum Gasteiger partial charge on any atom is -0.389 e. The van der Waals surface area contributed by atoms with Crippen molar-refractivity contribution < 1.29 is 19.8 Å². The lowest BCUT2D eigenvalue weighted by Crippen LogP contribution is -2.66. The highest BCUT2D eigenvalue weighted by molar-refractivity contribution is 5.86. The molecule has 4 nitrogen and oxygen atoms in total. The van der Waals surface area contributed by atoms with Crippen LogP contribution in [0.25, 0.3) is 0 Å². The number of ketones is 2. The number of carbonyl (C=O) groups excluding carboxylic acids is 2. The van der Waals surface area contributed by atoms with Crippen LogP contribution in [-0.2, 0) is 9.59 Å². The van der Waals surface area contributed by atoms with E-state index in [0.29, 0.717) is 37.0 Å². The van der Waals surface area contributed by atoms with Gasteiger partial charge in [-0.15, -0.1) is 0 Å². The smallest absolute Gasteiger partial charge is 0.161 e. The van der Waals surface area contributed by atoms with Crippen molar-refractivity contribution in [2.24, 2.45) is 34.5 Å². The van der Waals surface area contributed by atoms with E-state index in [1.165, 1.54) is 6.92 Å². The normalized spacial score (nSPS) is 56.5. The largest absolute Gasteiger partial charge is 0.389 e. The Balaban J connectivity index is 1.73. The molecule has 146 valence electrons. The molecule has 0 aromatic heterocycles. The van der Waals surface area contributed by atoms with E-state index in [9.17, 15) is 19.8 Å². The summed E-state index contributed by atoms with van der Waals surface area (Å²) < 4.78 is 0. The maximum absolute atomic E-state index is 12.3. The van der Waals surface area contributed by atoms with Gasteiger partial charge in [-0.25, -0.2) is 0 Å². The van der Waals surface area contributed by atoms with Gasteiger partial charge in [-0.1, -0.05) is 20.8 Å². The summed E-state index contributed by atoms with van der Waals surface area (Å²) >= 11 is 0. The average molecular weight is 363 g/mol. The summed E-state index contributed by atoms with van der Waals surface area (Å²) in [6.07, 6.45) is 5.79. The van der Waals surface area contributed by atoms with Gasteiger partial charge in [0.15, 0.2) is 5.78 Å². The van der Waals surface area contributed by atoms with E-state index >= 15 is 0 Å². The van der Waals surface area contributed by atoms with Crippen LogP contribution in [-0.4, -0.2) is 33.0 Å². The van der Waals surface area contributed by atoms with Gasteiger partial charge in [-0.3, -0.25) is 9.59 Å². The van der Waals surface area contributed by atoms with Crippen LogP contribution in [0.4, 0.5) is 0 Å². The van der Waals surface area contributed by atoms with Crippen LogP contribution in [0, 0.1) is 34.5 Å². The molecule has 4 fully saturated rings. The monoisotopic (exact) mass is 362 g/mol. The summed E-state index contributed by atoms with van der Waals surface area (Å²) in [5, 5.41) is 22.8. The Morgan fingerprint density at radius 3 is 2.31 bits per heavy atom. The molecule has 0 aliphatic heterocycles. The highest BCUT2D eigenvalue weighted by Gasteiger charge is 2.69. The van der Waals surface area contributed by atoms with Crippen molar-refractivity contribution in [2.45, 2.75) is 90.3 Å². The van der Waals surface area contributed by atoms with E-state index in [1.54, 1.807) is 0 Å². The van der Waals surface area contributed by atoms with E-state index in [2.05, 4.69) is 20.8 Å². The minimum atomic E-state index is -1.19. The zero-order chi connectivity index (χ0) is 19.1. The van der Waals surface area contributed by atoms with Gasteiger partial charge < -0.3 is 10.2 Å². The molecule has 0 heterocycles. The number of fused-ring (bicyclic) bond motifs is 5. The van der Waals surface area contributed by atoms with Crippen LogP contribution < -0.4 is 0 Å². The molecule has 0 aromatic carbocycles. The molecular weight excluding hydrogens is 328 g/mol. The molecule has 4 aliphatic rings. The van der Waals surface area contributed by atoms with Crippen LogP contribution in [0.2, 0.25) is 0 Å². The van der Waals surface area contributed by atoms with Crippen LogP contribution in [0.15, 0.2) is 0 Å². The molecule has 0 bridgehead atoms. The maximum Gasteiger partial charge on any atom is 0.161 e. The molecule has 26 heavy (non-hydrogen) atoms. The van der Waals surface area contributed by atoms with Crippen molar-refractivity contribution in [3.63, 3.8) is 0 Å². The van der Waals surface area contributed by atoms with E-state index in [-0.39, 0.29) is 28.3 Å². The van der Waals surface area contributed by atoms with Gasteiger partial charge in [0.2, 0.25) is 0 Å². The van der Waals surface area contributed by atoms with Crippen LogP contribution in [0.5, 0.6) is 0 Å². The van der Waals surface area contributed by atoms with Crippen LogP contribution in [0.3, 0.4) is 0 Å². The topological polar surface area (TPSA) is 74.6 Å². The van der Waals surface area contributed by atoms with E-state index in [1.807, 2.05) is 0 Å². The SMILES string of the molecule is CC(=O)C1(O)CCC2C3CC(C)C4(O)CC(=O)CCC4(C)C3CCC21C. The van der Waals surface area contributed by atoms with Crippen molar-refractivity contribution in [2.75, 3.05) is 0 Å². The van der Waals surface area contributed by atoms with Gasteiger partial charge in [-0.2, -0.15) is 0 Å². The van der Waals surface area contributed by atoms with E-state index < -0.39 is 11.2 Å². The summed E-state index contributed by atoms with van der Waals surface area (Å²) in [6, 6.07) is 0. The zero-order valence-electron chi connectivity index (χ0n) is 16.7. The van der Waals surface area contributed by atoms with Gasteiger partial charge in [0, 0.05) is 23.7 Å². The number of hydrogen-bond donors (Lipinski definition) is 2. The first-order valence-corrected chi connectivity index (χ1v) is 10.5. The Morgan fingerprint density at radius 1 is 1.04 bits per heavy atom. The first kappa shape index (κ1) is 18.6. The Hall–Kier alpha value is -0.740. The van der Waals surface area contributed by atoms with E-state index in [0.717, 1.165) is 32.1 Å².